The summed E-state index contributed by atoms with van der Waals surface area (Å²) in [7, 11) is 0. The van der Waals surface area contributed by atoms with Crippen molar-refractivity contribution in [1.82, 2.24) is 5.01 Å². The first-order chi connectivity index (χ1) is 9.11. The molecular weight excluding hydrogens is 268 g/mol. The van der Waals surface area contributed by atoms with Crippen molar-refractivity contribution < 1.29 is 14.3 Å². The van der Waals surface area contributed by atoms with Gasteiger partial charge in [-0.2, -0.15) is 5.10 Å². The summed E-state index contributed by atoms with van der Waals surface area (Å²) in [6.45, 7) is 2.25. The van der Waals surface area contributed by atoms with Gasteiger partial charge < -0.3 is 4.74 Å². The predicted octanol–water partition coefficient (Wildman–Crippen LogP) is 1.85. The number of nitrogens with zero attached hydrogens (tertiary/aromatic N) is 2. The van der Waals surface area contributed by atoms with Crippen molar-refractivity contribution in [2.75, 3.05) is 6.61 Å². The van der Waals surface area contributed by atoms with Crippen LogP contribution in [0.5, 0.6) is 0 Å². The van der Waals surface area contributed by atoms with Crippen LogP contribution in [0.25, 0.3) is 0 Å². The maximum absolute atomic E-state index is 12.0. The first kappa shape index (κ1) is 13.5. The standard InChI is InChI=1S/C13H13ClN2O3/c1-2-19-13(18)11-7-15-16(12(11)17)8-9-3-5-10(14)6-4-9/h3-7,11H,2,8H2,1H3. The zero-order chi connectivity index (χ0) is 13.8. The maximum Gasteiger partial charge on any atom is 0.324 e. The van der Waals surface area contributed by atoms with Gasteiger partial charge in [0.15, 0.2) is 5.92 Å². The van der Waals surface area contributed by atoms with Crippen LogP contribution in [-0.2, 0) is 20.9 Å². The Hall–Kier alpha value is -1.88. The lowest BCUT2D eigenvalue weighted by Crippen LogP contribution is -2.31. The molecule has 5 nitrogen and oxygen atoms in total. The van der Waals surface area contributed by atoms with Gasteiger partial charge in [-0.1, -0.05) is 23.7 Å². The van der Waals surface area contributed by atoms with Gasteiger partial charge in [-0.3, -0.25) is 9.59 Å². The molecule has 0 aromatic heterocycles. The Bertz CT molecular complexity index is 513. The summed E-state index contributed by atoms with van der Waals surface area (Å²) in [4.78, 5) is 23.5. The number of amides is 1. The van der Waals surface area contributed by atoms with E-state index in [2.05, 4.69) is 5.10 Å². The quantitative estimate of drug-likeness (QED) is 0.625. The molecule has 19 heavy (non-hydrogen) atoms. The summed E-state index contributed by atoms with van der Waals surface area (Å²) in [6.07, 6.45) is 1.32. The molecule has 1 unspecified atom stereocenters. The van der Waals surface area contributed by atoms with Crippen molar-refractivity contribution in [3.63, 3.8) is 0 Å². The molecule has 1 aromatic rings. The second-order valence-corrected chi connectivity index (χ2v) is 4.45. The van der Waals surface area contributed by atoms with Gasteiger partial charge in [-0.05, 0) is 24.6 Å². The van der Waals surface area contributed by atoms with E-state index >= 15 is 0 Å². The van der Waals surface area contributed by atoms with Crippen molar-refractivity contribution in [3.8, 4) is 0 Å². The summed E-state index contributed by atoms with van der Waals surface area (Å²) >= 11 is 5.79. The molecular formula is C13H13ClN2O3. The number of benzene rings is 1. The van der Waals surface area contributed by atoms with Crippen LogP contribution in [0.1, 0.15) is 12.5 Å². The van der Waals surface area contributed by atoms with Gasteiger partial charge >= 0.3 is 5.97 Å². The van der Waals surface area contributed by atoms with Gasteiger partial charge in [0.25, 0.3) is 5.91 Å². The molecule has 0 radical (unpaired) electrons. The first-order valence-electron chi connectivity index (χ1n) is 5.88. The van der Waals surface area contributed by atoms with E-state index in [4.69, 9.17) is 16.3 Å². The number of hydrogen-bond acceptors (Lipinski definition) is 4. The Balaban J connectivity index is 2.01. The normalized spacial score (nSPS) is 17.9. The maximum atomic E-state index is 12.0. The lowest BCUT2D eigenvalue weighted by molar-refractivity contribution is -0.151. The molecule has 0 bridgehead atoms. The SMILES string of the molecule is CCOC(=O)C1C=NN(Cc2ccc(Cl)cc2)C1=O. The van der Waals surface area contributed by atoms with E-state index in [-0.39, 0.29) is 12.5 Å². The van der Waals surface area contributed by atoms with Crippen molar-refractivity contribution in [2.24, 2.45) is 11.0 Å². The molecule has 0 saturated heterocycles. The number of ether oxygens (including phenoxy) is 1. The fourth-order valence-corrected chi connectivity index (χ4v) is 1.83. The zero-order valence-electron chi connectivity index (χ0n) is 10.4. The summed E-state index contributed by atoms with van der Waals surface area (Å²) in [5.74, 6) is -1.85. The number of halogens is 1. The van der Waals surface area contributed by atoms with E-state index in [9.17, 15) is 9.59 Å². The van der Waals surface area contributed by atoms with Gasteiger partial charge in [0.1, 0.15) is 0 Å². The molecule has 6 heteroatoms. The van der Waals surface area contributed by atoms with E-state index in [0.717, 1.165) is 5.56 Å². The Morgan fingerprint density at radius 1 is 1.42 bits per heavy atom. The van der Waals surface area contributed by atoms with Crippen molar-refractivity contribution in [2.45, 2.75) is 13.5 Å². The largest absolute Gasteiger partial charge is 0.465 e. The Morgan fingerprint density at radius 3 is 2.74 bits per heavy atom. The molecule has 100 valence electrons. The molecule has 1 aliphatic heterocycles. The van der Waals surface area contributed by atoms with Crippen LogP contribution in [0.15, 0.2) is 29.4 Å². The third-order valence-corrected chi connectivity index (χ3v) is 2.91. The average molecular weight is 281 g/mol. The molecule has 1 aromatic carbocycles. The first-order valence-corrected chi connectivity index (χ1v) is 6.26. The molecule has 0 N–H and O–H groups in total. The van der Waals surface area contributed by atoms with Crippen LogP contribution in [0, 0.1) is 5.92 Å². The van der Waals surface area contributed by atoms with Gasteiger partial charge in [0.05, 0.1) is 13.2 Å². The second-order valence-electron chi connectivity index (χ2n) is 4.02. The third kappa shape index (κ3) is 3.12. The Morgan fingerprint density at radius 2 is 2.11 bits per heavy atom. The Kier molecular flexibility index (Phi) is 4.16. The van der Waals surface area contributed by atoms with Gasteiger partial charge in [0.2, 0.25) is 0 Å². The number of rotatable bonds is 4. The second kappa shape index (κ2) is 5.84. The monoisotopic (exact) mass is 280 g/mol. The molecule has 0 saturated carbocycles. The number of esters is 1. The molecule has 0 aliphatic carbocycles. The summed E-state index contributed by atoms with van der Waals surface area (Å²) in [5.41, 5.74) is 0.888. The fraction of sp³-hybridized carbons (Fsp3) is 0.308. The van der Waals surface area contributed by atoms with Crippen LogP contribution in [0.3, 0.4) is 0 Å². The highest BCUT2D eigenvalue weighted by molar-refractivity contribution is 6.30. The van der Waals surface area contributed by atoms with E-state index in [1.165, 1.54) is 11.2 Å². The van der Waals surface area contributed by atoms with E-state index in [1.807, 2.05) is 12.1 Å². The molecule has 0 fully saturated rings. The minimum atomic E-state index is -0.924. The smallest absolute Gasteiger partial charge is 0.324 e. The highest BCUT2D eigenvalue weighted by Gasteiger charge is 2.35. The molecule has 1 amide bonds. The van der Waals surface area contributed by atoms with E-state index < -0.39 is 11.9 Å². The zero-order valence-corrected chi connectivity index (χ0v) is 11.1. The van der Waals surface area contributed by atoms with Crippen molar-refractivity contribution >= 4 is 29.7 Å². The Labute approximate surface area is 115 Å². The fourth-order valence-electron chi connectivity index (χ4n) is 1.70. The predicted molar refractivity (Wildman–Crippen MR) is 70.6 cm³/mol. The number of hydrogen-bond donors (Lipinski definition) is 0. The van der Waals surface area contributed by atoms with Crippen molar-refractivity contribution in [3.05, 3.63) is 34.9 Å². The summed E-state index contributed by atoms with van der Waals surface area (Å²) < 4.78 is 4.82. The van der Waals surface area contributed by atoms with E-state index in [0.29, 0.717) is 11.6 Å². The topological polar surface area (TPSA) is 59.0 Å². The highest BCUT2D eigenvalue weighted by atomic mass is 35.5. The van der Waals surface area contributed by atoms with Gasteiger partial charge in [-0.15, -0.1) is 0 Å². The molecule has 2 rings (SSSR count). The number of hydrazone groups is 1. The average Bonchev–Trinajstić information content (AvgIpc) is 2.74. The molecule has 1 aliphatic rings. The lowest BCUT2D eigenvalue weighted by Gasteiger charge is -2.13. The van der Waals surface area contributed by atoms with Crippen LogP contribution in [0.4, 0.5) is 0 Å². The minimum Gasteiger partial charge on any atom is -0.465 e. The third-order valence-electron chi connectivity index (χ3n) is 2.66. The van der Waals surface area contributed by atoms with Gasteiger partial charge in [0, 0.05) is 11.2 Å². The van der Waals surface area contributed by atoms with Crippen LogP contribution in [-0.4, -0.2) is 29.7 Å². The molecule has 1 heterocycles. The van der Waals surface area contributed by atoms with E-state index in [1.54, 1.807) is 19.1 Å². The minimum absolute atomic E-state index is 0.244. The lowest BCUT2D eigenvalue weighted by atomic mass is 10.1. The van der Waals surface area contributed by atoms with Gasteiger partial charge in [-0.25, -0.2) is 5.01 Å². The van der Waals surface area contributed by atoms with Crippen LogP contribution < -0.4 is 0 Å². The molecule has 0 spiro atoms. The van der Waals surface area contributed by atoms with Crippen LogP contribution in [0.2, 0.25) is 5.02 Å². The summed E-state index contributed by atoms with van der Waals surface area (Å²) in [6, 6.07) is 7.10. The number of carbonyl (C=O) groups excluding carboxylic acids is 2. The highest BCUT2D eigenvalue weighted by Crippen LogP contribution is 2.17. The summed E-state index contributed by atoms with van der Waals surface area (Å²) in [5, 5.41) is 5.83. The number of carbonyl (C=O) groups is 2. The molecule has 1 atom stereocenters. The van der Waals surface area contributed by atoms with Crippen LogP contribution >= 0.6 is 11.6 Å². The van der Waals surface area contributed by atoms with Crippen molar-refractivity contribution in [1.29, 1.82) is 0 Å².